The Balaban J connectivity index is 1.81. The molecule has 2 aliphatic rings. The van der Waals surface area contributed by atoms with E-state index >= 15 is 0 Å². The summed E-state index contributed by atoms with van der Waals surface area (Å²) in [5.41, 5.74) is 0.303. The molecule has 0 spiro atoms. The SMILES string of the molecule is CCC1(CNC(=O)N2CCC[C@H](C(=O)O)C2)CCC1. The van der Waals surface area contributed by atoms with E-state index in [0.29, 0.717) is 24.9 Å². The number of amides is 2. The van der Waals surface area contributed by atoms with Gasteiger partial charge >= 0.3 is 12.0 Å². The summed E-state index contributed by atoms with van der Waals surface area (Å²) in [4.78, 5) is 24.7. The van der Waals surface area contributed by atoms with Crippen LogP contribution in [0.2, 0.25) is 0 Å². The molecule has 2 fully saturated rings. The number of hydrogen-bond acceptors (Lipinski definition) is 2. The van der Waals surface area contributed by atoms with Gasteiger partial charge in [0.05, 0.1) is 5.92 Å². The van der Waals surface area contributed by atoms with Crippen molar-refractivity contribution >= 4 is 12.0 Å². The molecule has 1 heterocycles. The first-order valence-electron chi connectivity index (χ1n) is 7.32. The van der Waals surface area contributed by atoms with E-state index in [9.17, 15) is 9.59 Å². The zero-order valence-corrected chi connectivity index (χ0v) is 11.7. The monoisotopic (exact) mass is 268 g/mol. The van der Waals surface area contributed by atoms with Crippen molar-refractivity contribution in [3.8, 4) is 0 Å². The minimum absolute atomic E-state index is 0.0920. The van der Waals surface area contributed by atoms with Gasteiger partial charge in [-0.1, -0.05) is 13.3 Å². The number of carbonyl (C=O) groups is 2. The average molecular weight is 268 g/mol. The van der Waals surface area contributed by atoms with Crippen LogP contribution in [0.5, 0.6) is 0 Å². The van der Waals surface area contributed by atoms with Crippen LogP contribution >= 0.6 is 0 Å². The maximum absolute atomic E-state index is 12.1. The van der Waals surface area contributed by atoms with Crippen LogP contribution in [0.15, 0.2) is 0 Å². The first-order chi connectivity index (χ1) is 9.06. The Morgan fingerprint density at radius 2 is 2.11 bits per heavy atom. The Labute approximate surface area is 114 Å². The van der Waals surface area contributed by atoms with Crippen LogP contribution in [0.25, 0.3) is 0 Å². The molecule has 1 saturated heterocycles. The van der Waals surface area contributed by atoms with Gasteiger partial charge in [0.1, 0.15) is 0 Å². The molecule has 5 heteroatoms. The summed E-state index contributed by atoms with van der Waals surface area (Å²) in [7, 11) is 0. The molecule has 2 rings (SSSR count). The molecule has 1 aliphatic heterocycles. The second kappa shape index (κ2) is 5.80. The number of urea groups is 1. The Kier molecular flexibility index (Phi) is 4.32. The number of rotatable bonds is 4. The van der Waals surface area contributed by atoms with Gasteiger partial charge in [-0.2, -0.15) is 0 Å². The predicted octanol–water partition coefficient (Wildman–Crippen LogP) is 2.07. The lowest BCUT2D eigenvalue weighted by Gasteiger charge is -2.42. The molecule has 5 nitrogen and oxygen atoms in total. The van der Waals surface area contributed by atoms with E-state index in [0.717, 1.165) is 19.4 Å². The maximum Gasteiger partial charge on any atom is 0.317 e. The highest BCUT2D eigenvalue weighted by molar-refractivity contribution is 5.76. The smallest absolute Gasteiger partial charge is 0.317 e. The predicted molar refractivity (Wildman–Crippen MR) is 71.9 cm³/mol. The lowest BCUT2D eigenvalue weighted by molar-refractivity contribution is -0.143. The van der Waals surface area contributed by atoms with Crippen LogP contribution in [0, 0.1) is 11.3 Å². The highest BCUT2D eigenvalue weighted by atomic mass is 16.4. The fraction of sp³-hybridized carbons (Fsp3) is 0.857. The molecule has 1 aliphatic carbocycles. The van der Waals surface area contributed by atoms with Crippen LogP contribution in [0.4, 0.5) is 4.79 Å². The van der Waals surface area contributed by atoms with Crippen molar-refractivity contribution in [1.82, 2.24) is 10.2 Å². The number of carbonyl (C=O) groups excluding carboxylic acids is 1. The molecule has 19 heavy (non-hydrogen) atoms. The van der Waals surface area contributed by atoms with Crippen LogP contribution in [-0.4, -0.2) is 41.6 Å². The van der Waals surface area contributed by atoms with Crippen LogP contribution in [0.1, 0.15) is 45.4 Å². The third kappa shape index (κ3) is 3.19. The number of hydrogen-bond donors (Lipinski definition) is 2. The molecule has 1 saturated carbocycles. The second-order valence-electron chi connectivity index (χ2n) is 5.99. The summed E-state index contributed by atoms with van der Waals surface area (Å²) in [5, 5.41) is 12.0. The van der Waals surface area contributed by atoms with Crippen molar-refractivity contribution in [3.63, 3.8) is 0 Å². The second-order valence-corrected chi connectivity index (χ2v) is 5.99. The van der Waals surface area contributed by atoms with Gasteiger partial charge in [0, 0.05) is 19.6 Å². The standard InChI is InChI=1S/C14H24N2O3/c1-2-14(6-4-7-14)10-15-13(19)16-8-3-5-11(9-16)12(17)18/h11H,2-10H2,1H3,(H,15,19)(H,17,18)/t11-/m0/s1. The third-order valence-corrected chi connectivity index (χ3v) is 4.84. The number of aliphatic carboxylic acids is 1. The number of likely N-dealkylation sites (tertiary alicyclic amines) is 1. The molecule has 108 valence electrons. The van der Waals surface area contributed by atoms with Gasteiger partial charge in [-0.3, -0.25) is 4.79 Å². The van der Waals surface area contributed by atoms with E-state index < -0.39 is 11.9 Å². The fourth-order valence-corrected chi connectivity index (χ4v) is 3.07. The molecule has 0 aromatic rings. The topological polar surface area (TPSA) is 69.6 Å². The van der Waals surface area contributed by atoms with E-state index in [1.54, 1.807) is 4.90 Å². The van der Waals surface area contributed by atoms with Gasteiger partial charge in [0.2, 0.25) is 0 Å². The van der Waals surface area contributed by atoms with Crippen LogP contribution < -0.4 is 5.32 Å². The Morgan fingerprint density at radius 3 is 2.63 bits per heavy atom. The average Bonchev–Trinajstić information content (AvgIpc) is 2.38. The van der Waals surface area contributed by atoms with Crippen molar-refractivity contribution in [2.75, 3.05) is 19.6 Å². The van der Waals surface area contributed by atoms with E-state index in [2.05, 4.69) is 12.2 Å². The van der Waals surface area contributed by atoms with E-state index in [1.807, 2.05) is 0 Å². The lowest BCUT2D eigenvalue weighted by Crippen LogP contribution is -2.50. The Hall–Kier alpha value is -1.26. The first kappa shape index (κ1) is 14.2. The number of nitrogens with zero attached hydrogens (tertiary/aromatic N) is 1. The number of piperidine rings is 1. The minimum Gasteiger partial charge on any atom is -0.481 e. The largest absolute Gasteiger partial charge is 0.481 e. The summed E-state index contributed by atoms with van der Waals surface area (Å²) in [6.45, 7) is 3.93. The van der Waals surface area contributed by atoms with Gasteiger partial charge < -0.3 is 15.3 Å². The summed E-state index contributed by atoms with van der Waals surface area (Å²) in [5.74, 6) is -1.19. The maximum atomic E-state index is 12.1. The molecule has 0 aromatic heterocycles. The summed E-state index contributed by atoms with van der Waals surface area (Å²) in [6.07, 6.45) is 6.21. The zero-order chi connectivity index (χ0) is 13.9. The highest BCUT2D eigenvalue weighted by Crippen LogP contribution is 2.43. The molecular weight excluding hydrogens is 244 g/mol. The normalized spacial score (nSPS) is 25.5. The molecule has 0 radical (unpaired) electrons. The first-order valence-corrected chi connectivity index (χ1v) is 7.32. The molecule has 2 amide bonds. The fourth-order valence-electron chi connectivity index (χ4n) is 3.07. The number of carboxylic acid groups (broad SMARTS) is 1. The van der Waals surface area contributed by atoms with Gasteiger partial charge in [-0.25, -0.2) is 4.79 Å². The molecule has 0 aromatic carbocycles. The summed E-state index contributed by atoms with van der Waals surface area (Å²) >= 11 is 0. The molecule has 1 atom stereocenters. The summed E-state index contributed by atoms with van der Waals surface area (Å²) < 4.78 is 0. The van der Waals surface area contributed by atoms with E-state index in [-0.39, 0.29) is 6.03 Å². The highest BCUT2D eigenvalue weighted by Gasteiger charge is 2.36. The third-order valence-electron chi connectivity index (χ3n) is 4.84. The van der Waals surface area contributed by atoms with Gasteiger partial charge in [0.15, 0.2) is 0 Å². The van der Waals surface area contributed by atoms with Crippen molar-refractivity contribution in [3.05, 3.63) is 0 Å². The summed E-state index contributed by atoms with van der Waals surface area (Å²) in [6, 6.07) is -0.0920. The van der Waals surface area contributed by atoms with Crippen LogP contribution in [-0.2, 0) is 4.79 Å². The van der Waals surface area contributed by atoms with Crippen molar-refractivity contribution in [2.24, 2.45) is 11.3 Å². The Bertz CT molecular complexity index is 347. The van der Waals surface area contributed by atoms with E-state index in [4.69, 9.17) is 5.11 Å². The minimum atomic E-state index is -0.790. The van der Waals surface area contributed by atoms with Crippen molar-refractivity contribution < 1.29 is 14.7 Å². The molecular formula is C14H24N2O3. The quantitative estimate of drug-likeness (QED) is 0.820. The van der Waals surface area contributed by atoms with Crippen molar-refractivity contribution in [1.29, 1.82) is 0 Å². The van der Waals surface area contributed by atoms with Crippen LogP contribution in [0.3, 0.4) is 0 Å². The zero-order valence-electron chi connectivity index (χ0n) is 11.7. The van der Waals surface area contributed by atoms with E-state index in [1.165, 1.54) is 19.3 Å². The Morgan fingerprint density at radius 1 is 1.37 bits per heavy atom. The molecule has 0 unspecified atom stereocenters. The molecule has 2 N–H and O–H groups in total. The lowest BCUT2D eigenvalue weighted by atomic mass is 9.67. The number of carboxylic acids is 1. The molecule has 0 bridgehead atoms. The van der Waals surface area contributed by atoms with Gasteiger partial charge in [-0.05, 0) is 37.5 Å². The van der Waals surface area contributed by atoms with Gasteiger partial charge in [0.25, 0.3) is 0 Å². The number of nitrogens with one attached hydrogen (secondary N) is 1. The van der Waals surface area contributed by atoms with Crippen molar-refractivity contribution in [2.45, 2.75) is 45.4 Å². The van der Waals surface area contributed by atoms with Gasteiger partial charge in [-0.15, -0.1) is 0 Å².